The number of carbonyl (C=O) groups excluding carboxylic acids is 1. The van der Waals surface area contributed by atoms with E-state index in [9.17, 15) is 13.2 Å². The smallest absolute Gasteiger partial charge is 0.339 e. The van der Waals surface area contributed by atoms with Gasteiger partial charge in [-0.2, -0.15) is 8.42 Å². The number of nitrogens with two attached hydrogens (primary N) is 1. The van der Waals surface area contributed by atoms with Gasteiger partial charge in [0, 0.05) is 10.6 Å². The number of benzene rings is 2. The Hall–Kier alpha value is -2.51. The number of carbonyl (C=O) groups is 1. The molecule has 0 saturated carbocycles. The van der Waals surface area contributed by atoms with Gasteiger partial charge in [0.25, 0.3) is 0 Å². The summed E-state index contributed by atoms with van der Waals surface area (Å²) in [6, 6.07) is 13.0. The zero-order valence-corrected chi connectivity index (χ0v) is 13.7. The van der Waals surface area contributed by atoms with Crippen molar-refractivity contribution in [2.24, 2.45) is 5.73 Å². The minimum atomic E-state index is -4.29. The first-order chi connectivity index (χ1) is 11.7. The van der Waals surface area contributed by atoms with Crippen LogP contribution in [0.25, 0.3) is 0 Å². The van der Waals surface area contributed by atoms with E-state index in [1.54, 1.807) is 6.07 Å². The summed E-state index contributed by atoms with van der Waals surface area (Å²) in [6.07, 6.45) is -2.24. The molecule has 8 heteroatoms. The first-order valence-corrected chi connectivity index (χ1v) is 8.52. The van der Waals surface area contributed by atoms with Gasteiger partial charge in [0.05, 0.1) is 1.37 Å². The van der Waals surface area contributed by atoms with E-state index in [0.29, 0.717) is 5.02 Å². The van der Waals surface area contributed by atoms with E-state index >= 15 is 0 Å². The fraction of sp³-hybridized carbons (Fsp3) is 0.0625. The molecule has 2 aromatic carbocycles. The quantitative estimate of drug-likeness (QED) is 0.835. The maximum atomic E-state index is 12.6. The maximum Gasteiger partial charge on any atom is 0.339 e. The molecule has 1 aliphatic rings. The van der Waals surface area contributed by atoms with Crippen LogP contribution in [0.5, 0.6) is 0 Å². The van der Waals surface area contributed by atoms with Crippen molar-refractivity contribution in [3.63, 3.8) is 0 Å². The van der Waals surface area contributed by atoms with E-state index in [0.717, 1.165) is 0 Å². The van der Waals surface area contributed by atoms with Crippen molar-refractivity contribution in [3.05, 3.63) is 76.8 Å². The Morgan fingerprint density at radius 1 is 1.12 bits per heavy atom. The molecular weight excluding hydrogens is 354 g/mol. The third-order valence-electron chi connectivity index (χ3n) is 3.18. The second-order valence-electron chi connectivity index (χ2n) is 4.81. The highest BCUT2D eigenvalue weighted by atomic mass is 35.5. The molecule has 6 nitrogen and oxygen atoms in total. The summed E-state index contributed by atoms with van der Waals surface area (Å²) in [7, 11) is -4.29. The van der Waals surface area contributed by atoms with Gasteiger partial charge in [-0.15, -0.1) is 0 Å². The van der Waals surface area contributed by atoms with E-state index < -0.39 is 33.6 Å². The molecule has 0 fully saturated rings. The third kappa shape index (κ3) is 3.08. The number of ether oxygens (including phenoxy) is 1. The molecule has 124 valence electrons. The largest absolute Gasteiger partial charge is 0.460 e. The molecule has 1 atom stereocenters. The van der Waals surface area contributed by atoms with Gasteiger partial charge in [-0.3, -0.25) is 4.79 Å². The second kappa shape index (κ2) is 6.18. The summed E-state index contributed by atoms with van der Waals surface area (Å²) >= 11 is 5.79. The predicted octanol–water partition coefficient (Wildman–Crippen LogP) is 2.51. The SMILES string of the molecule is [2H]C1(c2ccc(Cl)cc2)OC(N)=C(OS(=O)(=O)c2ccccc2)C1=O. The lowest BCUT2D eigenvalue weighted by Gasteiger charge is -2.09. The van der Waals surface area contributed by atoms with Crippen LogP contribution in [0.2, 0.25) is 5.02 Å². The van der Waals surface area contributed by atoms with Crippen molar-refractivity contribution in [1.82, 2.24) is 0 Å². The number of halogens is 1. The molecule has 1 aliphatic heterocycles. The monoisotopic (exact) mass is 366 g/mol. The van der Waals surface area contributed by atoms with Crippen LogP contribution in [0.4, 0.5) is 0 Å². The number of ketones is 1. The lowest BCUT2D eigenvalue weighted by Crippen LogP contribution is -2.15. The Kier molecular flexibility index (Phi) is 3.87. The van der Waals surface area contributed by atoms with Crippen LogP contribution in [-0.2, 0) is 23.8 Å². The van der Waals surface area contributed by atoms with Crippen molar-refractivity contribution in [2.45, 2.75) is 11.0 Å². The Morgan fingerprint density at radius 2 is 1.75 bits per heavy atom. The summed E-state index contributed by atoms with van der Waals surface area (Å²) in [6.45, 7) is 0. The molecular formula is C16H12ClNO5S. The summed E-state index contributed by atoms with van der Waals surface area (Å²) in [5.74, 6) is -2.32. The molecule has 0 aromatic heterocycles. The molecule has 2 N–H and O–H groups in total. The first kappa shape index (κ1) is 15.0. The van der Waals surface area contributed by atoms with Crippen LogP contribution in [0, 0.1) is 0 Å². The van der Waals surface area contributed by atoms with E-state index in [1.165, 1.54) is 48.5 Å². The average Bonchev–Trinajstić information content (AvgIpc) is 2.80. The minimum Gasteiger partial charge on any atom is -0.460 e. The lowest BCUT2D eigenvalue weighted by atomic mass is 10.1. The van der Waals surface area contributed by atoms with Crippen LogP contribution in [0.15, 0.2) is 71.1 Å². The van der Waals surface area contributed by atoms with Gasteiger partial charge in [0.1, 0.15) is 4.90 Å². The van der Waals surface area contributed by atoms with Crippen LogP contribution in [-0.4, -0.2) is 14.2 Å². The van der Waals surface area contributed by atoms with Crippen molar-refractivity contribution in [1.29, 1.82) is 0 Å². The molecule has 24 heavy (non-hydrogen) atoms. The fourth-order valence-electron chi connectivity index (χ4n) is 2.03. The predicted molar refractivity (Wildman–Crippen MR) is 86.2 cm³/mol. The molecule has 0 spiro atoms. The Bertz CT molecular complexity index is 960. The van der Waals surface area contributed by atoms with Crippen molar-refractivity contribution in [3.8, 4) is 0 Å². The number of hydrogen-bond donors (Lipinski definition) is 1. The molecule has 0 aliphatic carbocycles. The number of hydrogen-bond acceptors (Lipinski definition) is 6. The van der Waals surface area contributed by atoms with Crippen molar-refractivity contribution in [2.75, 3.05) is 0 Å². The van der Waals surface area contributed by atoms with Crippen LogP contribution in [0.1, 0.15) is 13.0 Å². The van der Waals surface area contributed by atoms with Gasteiger partial charge < -0.3 is 14.7 Å². The second-order valence-corrected chi connectivity index (χ2v) is 6.79. The summed E-state index contributed by atoms with van der Waals surface area (Å²) in [4.78, 5) is 12.4. The lowest BCUT2D eigenvalue weighted by molar-refractivity contribution is -0.123. The third-order valence-corrected chi connectivity index (χ3v) is 4.67. The van der Waals surface area contributed by atoms with E-state index in [2.05, 4.69) is 0 Å². The molecule has 1 heterocycles. The van der Waals surface area contributed by atoms with Gasteiger partial charge in [0.2, 0.25) is 17.4 Å². The van der Waals surface area contributed by atoms with Crippen molar-refractivity contribution < 1.29 is 23.5 Å². The Balaban J connectivity index is 1.92. The van der Waals surface area contributed by atoms with Crippen molar-refractivity contribution >= 4 is 27.5 Å². The highest BCUT2D eigenvalue weighted by Gasteiger charge is 2.39. The highest BCUT2D eigenvalue weighted by Crippen LogP contribution is 2.33. The van der Waals surface area contributed by atoms with Crippen LogP contribution in [0.3, 0.4) is 0 Å². The summed E-state index contributed by atoms with van der Waals surface area (Å²) in [5.41, 5.74) is 5.74. The van der Waals surface area contributed by atoms with E-state index in [4.69, 9.17) is 27.6 Å². The van der Waals surface area contributed by atoms with Crippen LogP contribution >= 0.6 is 11.6 Å². The normalized spacial score (nSPS) is 21.4. The first-order valence-electron chi connectivity index (χ1n) is 7.23. The molecule has 0 radical (unpaired) electrons. The van der Waals surface area contributed by atoms with E-state index in [1.807, 2.05) is 0 Å². The minimum absolute atomic E-state index is 0.139. The molecule has 1 unspecified atom stereocenters. The van der Waals surface area contributed by atoms with Gasteiger partial charge in [0.15, 0.2) is 6.08 Å². The Morgan fingerprint density at radius 3 is 2.38 bits per heavy atom. The molecule has 0 bridgehead atoms. The van der Waals surface area contributed by atoms with Gasteiger partial charge in [-0.25, -0.2) is 0 Å². The van der Waals surface area contributed by atoms with Gasteiger partial charge in [-0.05, 0) is 24.3 Å². The topological polar surface area (TPSA) is 95.7 Å². The molecule has 3 rings (SSSR count). The zero-order chi connectivity index (χ0) is 18.2. The number of Topliss-reactive ketones (excluding diaryl/α,β-unsaturated/α-hetero) is 1. The van der Waals surface area contributed by atoms with E-state index in [-0.39, 0.29) is 10.5 Å². The fourth-order valence-corrected chi connectivity index (χ4v) is 3.12. The molecule has 2 aromatic rings. The standard InChI is InChI=1S/C16H12ClNO5S/c17-11-8-6-10(7-9-11)14-13(19)15(16(18)22-14)23-24(20,21)12-4-2-1-3-5-12/h1-9,14H,18H2/i14D. The molecule has 0 amide bonds. The average molecular weight is 367 g/mol. The maximum absolute atomic E-state index is 12.6. The highest BCUT2D eigenvalue weighted by molar-refractivity contribution is 7.86. The number of rotatable bonds is 4. The van der Waals surface area contributed by atoms with Gasteiger partial charge in [-0.1, -0.05) is 41.9 Å². The summed E-state index contributed by atoms with van der Waals surface area (Å²) in [5, 5.41) is 0.404. The van der Waals surface area contributed by atoms with Gasteiger partial charge >= 0.3 is 10.1 Å². The Labute approximate surface area is 145 Å². The zero-order valence-electron chi connectivity index (χ0n) is 13.1. The van der Waals surface area contributed by atoms with Crippen LogP contribution < -0.4 is 5.73 Å². The molecule has 0 saturated heterocycles. The summed E-state index contributed by atoms with van der Waals surface area (Å²) < 4.78 is 42.8.